The Hall–Kier alpha value is -3.59. The second-order valence-corrected chi connectivity index (χ2v) is 6.52. The van der Waals surface area contributed by atoms with E-state index in [1.165, 1.54) is 0 Å². The van der Waals surface area contributed by atoms with Crippen LogP contribution < -0.4 is 4.74 Å². The van der Waals surface area contributed by atoms with Crippen molar-refractivity contribution < 1.29 is 4.74 Å². The first-order chi connectivity index (χ1) is 13.4. The Morgan fingerprint density at radius 2 is 1.41 bits per heavy atom. The molecule has 0 spiro atoms. The number of hydrogen-bond acceptors (Lipinski definition) is 2. The van der Waals surface area contributed by atoms with Crippen molar-refractivity contribution in [3.8, 4) is 17.1 Å². The fraction of sp³-hybridized carbons (Fsp3) is 0.0417. The number of benzene rings is 3. The fourth-order valence-corrected chi connectivity index (χ4v) is 3.45. The third-order valence-corrected chi connectivity index (χ3v) is 4.78. The third-order valence-electron chi connectivity index (χ3n) is 4.78. The lowest BCUT2D eigenvalue weighted by Gasteiger charge is -2.12. The van der Waals surface area contributed by atoms with Gasteiger partial charge in [0.05, 0.1) is 17.9 Å². The molecule has 3 nitrogen and oxygen atoms in total. The maximum atomic E-state index is 6.23. The molecule has 0 radical (unpaired) electrons. The Morgan fingerprint density at radius 1 is 0.741 bits per heavy atom. The van der Waals surface area contributed by atoms with Gasteiger partial charge in [0, 0.05) is 16.3 Å². The van der Waals surface area contributed by atoms with Gasteiger partial charge in [-0.3, -0.25) is 4.40 Å². The summed E-state index contributed by atoms with van der Waals surface area (Å²) in [7, 11) is 0. The molecular weight excluding hydrogens is 332 g/mol. The van der Waals surface area contributed by atoms with Crippen LogP contribution in [0, 0.1) is 0 Å². The summed E-state index contributed by atoms with van der Waals surface area (Å²) in [5.74, 6) is 1.78. The van der Waals surface area contributed by atoms with Crippen LogP contribution in [0.25, 0.3) is 27.7 Å². The van der Waals surface area contributed by atoms with Crippen LogP contribution in [0.15, 0.2) is 97.3 Å². The van der Waals surface area contributed by atoms with E-state index >= 15 is 0 Å². The summed E-state index contributed by atoms with van der Waals surface area (Å²) < 4.78 is 8.35. The van der Waals surface area contributed by atoms with Crippen molar-refractivity contribution in [2.24, 2.45) is 0 Å². The maximum Gasteiger partial charge on any atom is 0.144 e. The molecular formula is C24H18N2O. The molecule has 0 amide bonds. The molecule has 0 aliphatic carbocycles. The molecule has 0 N–H and O–H groups in total. The first-order valence-corrected chi connectivity index (χ1v) is 9.01. The van der Waals surface area contributed by atoms with Crippen molar-refractivity contribution in [1.29, 1.82) is 0 Å². The minimum Gasteiger partial charge on any atom is -0.487 e. The molecule has 3 heteroatoms. The molecule has 0 bridgehead atoms. The molecule has 0 atom stereocenters. The number of pyridine rings is 1. The van der Waals surface area contributed by atoms with Gasteiger partial charge in [-0.05, 0) is 5.56 Å². The lowest BCUT2D eigenvalue weighted by Crippen LogP contribution is -1.99. The van der Waals surface area contributed by atoms with Crippen LogP contribution in [-0.2, 0) is 6.61 Å². The smallest absolute Gasteiger partial charge is 0.144 e. The molecule has 130 valence electrons. The van der Waals surface area contributed by atoms with Crippen molar-refractivity contribution in [1.82, 2.24) is 9.38 Å². The zero-order chi connectivity index (χ0) is 18.1. The van der Waals surface area contributed by atoms with Crippen LogP contribution in [0.3, 0.4) is 0 Å². The number of aromatic nitrogens is 2. The van der Waals surface area contributed by atoms with Gasteiger partial charge in [0.25, 0.3) is 0 Å². The second-order valence-electron chi connectivity index (χ2n) is 6.52. The maximum absolute atomic E-state index is 6.23. The van der Waals surface area contributed by atoms with Crippen molar-refractivity contribution >= 4 is 16.3 Å². The second kappa shape index (κ2) is 6.61. The van der Waals surface area contributed by atoms with Crippen LogP contribution in [-0.4, -0.2) is 9.38 Å². The van der Waals surface area contributed by atoms with Gasteiger partial charge >= 0.3 is 0 Å². The van der Waals surface area contributed by atoms with Crippen LogP contribution >= 0.6 is 0 Å². The van der Waals surface area contributed by atoms with Gasteiger partial charge in [-0.2, -0.15) is 0 Å². The van der Waals surface area contributed by atoms with Crippen LogP contribution in [0.5, 0.6) is 5.75 Å². The minimum absolute atomic E-state index is 0.533. The molecule has 3 aromatic carbocycles. The molecule has 2 heterocycles. The Kier molecular flexibility index (Phi) is 3.83. The average molecular weight is 350 g/mol. The quantitative estimate of drug-likeness (QED) is 0.413. The molecule has 0 fully saturated rings. The van der Waals surface area contributed by atoms with Crippen LogP contribution in [0.2, 0.25) is 0 Å². The summed E-state index contributed by atoms with van der Waals surface area (Å²) in [5, 5.41) is 2.23. The molecule has 2 aromatic heterocycles. The molecule has 5 rings (SSSR count). The molecule has 0 saturated carbocycles. The Labute approximate surface area is 157 Å². The van der Waals surface area contributed by atoms with E-state index in [1.807, 2.05) is 48.7 Å². The van der Waals surface area contributed by atoms with Gasteiger partial charge in [0.15, 0.2) is 0 Å². The first-order valence-electron chi connectivity index (χ1n) is 9.01. The summed E-state index contributed by atoms with van der Waals surface area (Å²) in [4.78, 5) is 4.68. The highest BCUT2D eigenvalue weighted by Gasteiger charge is 2.13. The number of imidazole rings is 1. The Balaban J connectivity index is 1.66. The molecule has 27 heavy (non-hydrogen) atoms. The summed E-state index contributed by atoms with van der Waals surface area (Å²) in [6, 6.07) is 28.8. The van der Waals surface area contributed by atoms with Crippen molar-refractivity contribution in [2.75, 3.05) is 0 Å². The number of hydrogen-bond donors (Lipinski definition) is 0. The highest BCUT2D eigenvalue weighted by Crippen LogP contribution is 2.32. The summed E-state index contributed by atoms with van der Waals surface area (Å²) in [6.45, 7) is 0.533. The minimum atomic E-state index is 0.533. The van der Waals surface area contributed by atoms with Gasteiger partial charge in [0.2, 0.25) is 0 Å². The zero-order valence-corrected chi connectivity index (χ0v) is 14.7. The molecule has 0 saturated heterocycles. The van der Waals surface area contributed by atoms with Crippen molar-refractivity contribution in [2.45, 2.75) is 6.61 Å². The van der Waals surface area contributed by atoms with Gasteiger partial charge in [-0.25, -0.2) is 4.98 Å². The lowest BCUT2D eigenvalue weighted by atomic mass is 10.1. The van der Waals surface area contributed by atoms with E-state index in [0.717, 1.165) is 39.0 Å². The molecule has 5 aromatic rings. The zero-order valence-electron chi connectivity index (χ0n) is 14.7. The number of nitrogens with zero attached hydrogens (tertiary/aromatic N) is 2. The van der Waals surface area contributed by atoms with Gasteiger partial charge in [-0.15, -0.1) is 0 Å². The fourth-order valence-electron chi connectivity index (χ4n) is 3.45. The Bertz CT molecular complexity index is 1210. The molecule has 0 aliphatic rings. The summed E-state index contributed by atoms with van der Waals surface area (Å²) in [5.41, 5.74) is 3.31. The summed E-state index contributed by atoms with van der Waals surface area (Å²) >= 11 is 0. The highest BCUT2D eigenvalue weighted by atomic mass is 16.5. The first kappa shape index (κ1) is 15.6. The monoisotopic (exact) mass is 350 g/mol. The number of fused-ring (bicyclic) bond motifs is 3. The standard InChI is InChI=1S/C24H18N2O/c1-3-9-18(10-4-1)17-27-23-16-26-22(20-13-7-8-14-21(20)23)15-25-24(26)19-11-5-2-6-12-19/h1-16H,17H2. The topological polar surface area (TPSA) is 26.5 Å². The Morgan fingerprint density at radius 3 is 2.19 bits per heavy atom. The molecule has 0 unspecified atom stereocenters. The van der Waals surface area contributed by atoms with Gasteiger partial charge in [-0.1, -0.05) is 84.9 Å². The van der Waals surface area contributed by atoms with Crippen LogP contribution in [0.4, 0.5) is 0 Å². The number of ether oxygens (including phenoxy) is 1. The van der Waals surface area contributed by atoms with Crippen LogP contribution in [0.1, 0.15) is 5.56 Å². The number of rotatable bonds is 4. The van der Waals surface area contributed by atoms with E-state index < -0.39 is 0 Å². The normalized spacial score (nSPS) is 11.1. The van der Waals surface area contributed by atoms with E-state index in [2.05, 4.69) is 58.0 Å². The largest absolute Gasteiger partial charge is 0.487 e. The van der Waals surface area contributed by atoms with Crippen molar-refractivity contribution in [3.05, 3.63) is 103 Å². The van der Waals surface area contributed by atoms with E-state index in [4.69, 9.17) is 4.74 Å². The van der Waals surface area contributed by atoms with E-state index in [-0.39, 0.29) is 0 Å². The van der Waals surface area contributed by atoms with Crippen molar-refractivity contribution in [3.63, 3.8) is 0 Å². The SMILES string of the molecule is c1ccc(COc2cn3c(-c4ccccc4)ncc3c3ccccc23)cc1. The van der Waals surface area contributed by atoms with E-state index in [0.29, 0.717) is 6.61 Å². The summed E-state index contributed by atoms with van der Waals surface area (Å²) in [6.07, 6.45) is 3.99. The van der Waals surface area contributed by atoms with E-state index in [1.54, 1.807) is 0 Å². The predicted molar refractivity (Wildman–Crippen MR) is 109 cm³/mol. The highest BCUT2D eigenvalue weighted by molar-refractivity contribution is 6.00. The third kappa shape index (κ3) is 2.83. The lowest BCUT2D eigenvalue weighted by molar-refractivity contribution is 0.308. The predicted octanol–water partition coefficient (Wildman–Crippen LogP) is 5.73. The van der Waals surface area contributed by atoms with Gasteiger partial charge < -0.3 is 4.74 Å². The molecule has 0 aliphatic heterocycles. The average Bonchev–Trinajstić information content (AvgIpc) is 3.17. The van der Waals surface area contributed by atoms with Gasteiger partial charge in [0.1, 0.15) is 18.2 Å². The van der Waals surface area contributed by atoms with E-state index in [9.17, 15) is 0 Å².